The summed E-state index contributed by atoms with van der Waals surface area (Å²) >= 11 is 3.74. The van der Waals surface area contributed by atoms with Crippen molar-refractivity contribution in [2.45, 2.75) is 46.7 Å². The lowest BCUT2D eigenvalue weighted by Crippen LogP contribution is -2.29. The minimum absolute atomic E-state index is 0.546. The Morgan fingerprint density at radius 3 is 2.65 bits per heavy atom. The second-order valence-electron chi connectivity index (χ2n) is 5.77. The van der Waals surface area contributed by atoms with E-state index in [0.717, 1.165) is 18.2 Å². The van der Waals surface area contributed by atoms with Gasteiger partial charge in [-0.05, 0) is 44.7 Å². The third-order valence-corrected chi connectivity index (χ3v) is 5.31. The Hall–Kier alpha value is -0.260. The summed E-state index contributed by atoms with van der Waals surface area (Å²) in [6, 6.07) is 0.546. The Kier molecular flexibility index (Phi) is 7.92. The molecule has 0 spiro atoms. The zero-order valence-electron chi connectivity index (χ0n) is 13.7. The molecule has 1 heterocycles. The van der Waals surface area contributed by atoms with Gasteiger partial charge in [0.05, 0.1) is 5.69 Å². The van der Waals surface area contributed by atoms with E-state index in [9.17, 15) is 0 Å². The smallest absolute Gasteiger partial charge is 0.185 e. The summed E-state index contributed by atoms with van der Waals surface area (Å²) in [4.78, 5) is 8.42. The van der Waals surface area contributed by atoms with Crippen LogP contribution in [0.5, 0.6) is 0 Å². The van der Waals surface area contributed by atoms with Crippen LogP contribution in [0, 0.1) is 12.8 Å². The van der Waals surface area contributed by atoms with Gasteiger partial charge in [-0.1, -0.05) is 13.8 Å². The van der Waals surface area contributed by atoms with Crippen molar-refractivity contribution in [3.8, 4) is 0 Å². The van der Waals surface area contributed by atoms with Crippen molar-refractivity contribution < 1.29 is 0 Å². The molecular formula is C15H29N3S2. The Morgan fingerprint density at radius 1 is 1.35 bits per heavy atom. The van der Waals surface area contributed by atoms with Gasteiger partial charge in [-0.25, -0.2) is 4.98 Å². The number of nitrogens with one attached hydrogen (secondary N) is 1. The van der Waals surface area contributed by atoms with Gasteiger partial charge >= 0.3 is 0 Å². The zero-order chi connectivity index (χ0) is 15.1. The summed E-state index contributed by atoms with van der Waals surface area (Å²) in [6.07, 6.45) is 3.37. The van der Waals surface area contributed by atoms with Crippen molar-refractivity contribution in [1.29, 1.82) is 0 Å². The molecule has 116 valence electrons. The van der Waals surface area contributed by atoms with Gasteiger partial charge in [-0.2, -0.15) is 11.8 Å². The number of nitrogens with zero attached hydrogens (tertiary/aromatic N) is 2. The Morgan fingerprint density at radius 2 is 2.05 bits per heavy atom. The van der Waals surface area contributed by atoms with E-state index in [-0.39, 0.29) is 0 Å². The maximum Gasteiger partial charge on any atom is 0.185 e. The fourth-order valence-corrected chi connectivity index (χ4v) is 3.54. The van der Waals surface area contributed by atoms with E-state index in [0.29, 0.717) is 12.0 Å². The van der Waals surface area contributed by atoms with E-state index in [2.05, 4.69) is 51.2 Å². The molecular weight excluding hydrogens is 286 g/mol. The maximum absolute atomic E-state index is 4.74. The molecule has 5 heteroatoms. The lowest BCUT2D eigenvalue weighted by atomic mass is 10.2. The topological polar surface area (TPSA) is 28.2 Å². The first-order valence-corrected chi connectivity index (χ1v) is 9.55. The van der Waals surface area contributed by atoms with E-state index in [1.54, 1.807) is 0 Å². The Labute approximate surface area is 132 Å². The molecule has 0 saturated heterocycles. The van der Waals surface area contributed by atoms with Gasteiger partial charge in [0.2, 0.25) is 0 Å². The van der Waals surface area contributed by atoms with E-state index in [1.807, 2.05) is 23.1 Å². The van der Waals surface area contributed by atoms with Crippen LogP contribution >= 0.6 is 23.1 Å². The number of aryl methyl sites for hydroxylation is 1. The van der Waals surface area contributed by atoms with Crippen LogP contribution in [0.2, 0.25) is 0 Å². The predicted octanol–water partition coefficient (Wildman–Crippen LogP) is 3.77. The van der Waals surface area contributed by atoms with Crippen molar-refractivity contribution in [2.24, 2.45) is 5.92 Å². The van der Waals surface area contributed by atoms with Crippen LogP contribution in [0.4, 0.5) is 5.13 Å². The lowest BCUT2D eigenvalue weighted by Gasteiger charge is -2.23. The molecule has 1 aromatic rings. The second kappa shape index (κ2) is 8.90. The molecule has 0 radical (unpaired) electrons. The zero-order valence-corrected chi connectivity index (χ0v) is 15.3. The van der Waals surface area contributed by atoms with Gasteiger partial charge in [-0.3, -0.25) is 0 Å². The highest BCUT2D eigenvalue weighted by molar-refractivity contribution is 7.98. The number of rotatable bonds is 9. The van der Waals surface area contributed by atoms with E-state index < -0.39 is 0 Å². The molecule has 0 aliphatic carbocycles. The van der Waals surface area contributed by atoms with Crippen LogP contribution in [0.1, 0.15) is 37.8 Å². The van der Waals surface area contributed by atoms with Gasteiger partial charge in [0.15, 0.2) is 5.13 Å². The van der Waals surface area contributed by atoms with Crippen molar-refractivity contribution in [3.05, 3.63) is 10.6 Å². The van der Waals surface area contributed by atoms with Crippen molar-refractivity contribution >= 4 is 28.2 Å². The van der Waals surface area contributed by atoms with Gasteiger partial charge in [0.25, 0.3) is 0 Å². The largest absolute Gasteiger partial charge is 0.348 e. The molecule has 0 aliphatic heterocycles. The number of anilines is 1. The van der Waals surface area contributed by atoms with Gasteiger partial charge in [0.1, 0.15) is 0 Å². The molecule has 0 saturated carbocycles. The minimum atomic E-state index is 0.546. The van der Waals surface area contributed by atoms with Crippen LogP contribution in [-0.4, -0.2) is 36.6 Å². The normalized spacial score (nSPS) is 12.9. The van der Waals surface area contributed by atoms with Crippen molar-refractivity contribution in [1.82, 2.24) is 10.3 Å². The molecule has 0 aromatic carbocycles. The van der Waals surface area contributed by atoms with Gasteiger partial charge in [-0.15, -0.1) is 11.3 Å². The van der Waals surface area contributed by atoms with Crippen molar-refractivity contribution in [2.75, 3.05) is 30.5 Å². The number of hydrogen-bond acceptors (Lipinski definition) is 5. The molecule has 20 heavy (non-hydrogen) atoms. The standard InChI is InChI=1S/C15H29N3S2/c1-11(2)9-16-10-14-13(4)17-15(20-14)18(5)12(3)7-8-19-6/h11-12,16H,7-10H2,1-6H3. The third-order valence-electron chi connectivity index (χ3n) is 3.42. The van der Waals surface area contributed by atoms with Crippen LogP contribution < -0.4 is 10.2 Å². The van der Waals surface area contributed by atoms with Crippen LogP contribution in [0.15, 0.2) is 0 Å². The number of thiazole rings is 1. The summed E-state index contributed by atoms with van der Waals surface area (Å²) < 4.78 is 0. The monoisotopic (exact) mass is 315 g/mol. The first-order chi connectivity index (χ1) is 9.45. The molecule has 0 aliphatic rings. The first-order valence-electron chi connectivity index (χ1n) is 7.34. The maximum atomic E-state index is 4.74. The summed E-state index contributed by atoms with van der Waals surface area (Å²) in [6.45, 7) is 10.9. The van der Waals surface area contributed by atoms with Crippen LogP contribution in [0.25, 0.3) is 0 Å². The number of hydrogen-bond donors (Lipinski definition) is 1. The van der Waals surface area contributed by atoms with Gasteiger partial charge < -0.3 is 10.2 Å². The van der Waals surface area contributed by atoms with Crippen molar-refractivity contribution in [3.63, 3.8) is 0 Å². The minimum Gasteiger partial charge on any atom is -0.348 e. The molecule has 1 rings (SSSR count). The quantitative estimate of drug-likeness (QED) is 0.751. The second-order valence-corrected chi connectivity index (χ2v) is 7.82. The predicted molar refractivity (Wildman–Crippen MR) is 94.3 cm³/mol. The molecule has 1 N–H and O–H groups in total. The highest BCUT2D eigenvalue weighted by Gasteiger charge is 2.15. The summed E-state index contributed by atoms with van der Waals surface area (Å²) in [5.41, 5.74) is 1.17. The highest BCUT2D eigenvalue weighted by atomic mass is 32.2. The number of thioether (sulfide) groups is 1. The molecule has 0 amide bonds. The Bertz CT molecular complexity index is 390. The van der Waals surface area contributed by atoms with E-state index in [1.165, 1.54) is 22.7 Å². The lowest BCUT2D eigenvalue weighted by molar-refractivity contribution is 0.554. The molecule has 1 aromatic heterocycles. The van der Waals surface area contributed by atoms with E-state index >= 15 is 0 Å². The van der Waals surface area contributed by atoms with Gasteiger partial charge in [0, 0.05) is 24.5 Å². The van der Waals surface area contributed by atoms with Crippen LogP contribution in [-0.2, 0) is 6.54 Å². The SMILES string of the molecule is CSCCC(C)N(C)c1nc(C)c(CNCC(C)C)s1. The van der Waals surface area contributed by atoms with Crippen LogP contribution in [0.3, 0.4) is 0 Å². The average Bonchev–Trinajstić information content (AvgIpc) is 2.76. The fraction of sp³-hybridized carbons (Fsp3) is 0.800. The molecule has 0 fully saturated rings. The molecule has 0 bridgehead atoms. The molecule has 3 nitrogen and oxygen atoms in total. The first kappa shape index (κ1) is 17.8. The number of aromatic nitrogens is 1. The summed E-state index contributed by atoms with van der Waals surface area (Å²) in [5, 5.41) is 4.66. The highest BCUT2D eigenvalue weighted by Crippen LogP contribution is 2.27. The average molecular weight is 316 g/mol. The van der Waals surface area contributed by atoms with E-state index in [4.69, 9.17) is 4.98 Å². The summed E-state index contributed by atoms with van der Waals surface area (Å²) in [7, 11) is 2.16. The molecule has 1 atom stereocenters. The Balaban J connectivity index is 2.59. The third kappa shape index (κ3) is 5.62. The fourth-order valence-electron chi connectivity index (χ4n) is 1.87. The molecule has 1 unspecified atom stereocenters. The summed E-state index contributed by atoms with van der Waals surface area (Å²) in [5.74, 6) is 1.90.